The molecule has 0 bridgehead atoms. The zero-order chi connectivity index (χ0) is 11.5. The van der Waals surface area contributed by atoms with Gasteiger partial charge in [0.1, 0.15) is 17.3 Å². The van der Waals surface area contributed by atoms with Crippen LogP contribution in [-0.2, 0) is 6.42 Å². The van der Waals surface area contributed by atoms with Crippen molar-refractivity contribution in [2.75, 3.05) is 0 Å². The van der Waals surface area contributed by atoms with Crippen LogP contribution < -0.4 is 5.73 Å². The van der Waals surface area contributed by atoms with Crippen molar-refractivity contribution in [1.82, 2.24) is 0 Å². The highest BCUT2D eigenvalue weighted by molar-refractivity contribution is 5.58. The molecule has 1 unspecified atom stereocenters. The minimum absolute atomic E-state index is 0.0413. The summed E-state index contributed by atoms with van der Waals surface area (Å²) in [6, 6.07) is 10.2. The molecule has 0 saturated carbocycles. The molecular weight excluding hydrogens is 205 g/mol. The molecule has 16 heavy (non-hydrogen) atoms. The number of rotatable bonds is 3. The van der Waals surface area contributed by atoms with Crippen LogP contribution in [0.5, 0.6) is 0 Å². The summed E-state index contributed by atoms with van der Waals surface area (Å²) >= 11 is 0. The van der Waals surface area contributed by atoms with Crippen LogP contribution in [0.25, 0.3) is 11.3 Å². The fraction of sp³-hybridized carbons (Fsp3) is 0.231. The van der Waals surface area contributed by atoms with Crippen molar-refractivity contribution >= 4 is 0 Å². The third-order valence-electron chi connectivity index (χ3n) is 2.32. The molecule has 0 radical (unpaired) electrons. The van der Waals surface area contributed by atoms with Crippen LogP contribution in [0.3, 0.4) is 0 Å². The fourth-order valence-electron chi connectivity index (χ4n) is 1.61. The van der Waals surface area contributed by atoms with E-state index in [0.717, 1.165) is 5.76 Å². The van der Waals surface area contributed by atoms with Crippen LogP contribution in [0.15, 0.2) is 40.8 Å². The topological polar surface area (TPSA) is 39.2 Å². The predicted octanol–water partition coefficient (Wildman–Crippen LogP) is 2.98. The van der Waals surface area contributed by atoms with Gasteiger partial charge in [-0.25, -0.2) is 4.39 Å². The highest BCUT2D eigenvalue weighted by atomic mass is 19.1. The van der Waals surface area contributed by atoms with E-state index in [-0.39, 0.29) is 11.9 Å². The minimum Gasteiger partial charge on any atom is -0.461 e. The molecule has 0 aliphatic carbocycles. The van der Waals surface area contributed by atoms with Crippen LogP contribution in [0.1, 0.15) is 12.7 Å². The highest BCUT2D eigenvalue weighted by Gasteiger charge is 2.09. The lowest BCUT2D eigenvalue weighted by Crippen LogP contribution is -2.17. The van der Waals surface area contributed by atoms with Gasteiger partial charge in [-0.1, -0.05) is 12.1 Å². The summed E-state index contributed by atoms with van der Waals surface area (Å²) in [5.74, 6) is 1.06. The fourth-order valence-corrected chi connectivity index (χ4v) is 1.61. The summed E-state index contributed by atoms with van der Waals surface area (Å²) in [6.07, 6.45) is 0.661. The van der Waals surface area contributed by atoms with Gasteiger partial charge in [-0.05, 0) is 31.2 Å². The Kier molecular flexibility index (Phi) is 3.06. The van der Waals surface area contributed by atoms with Crippen molar-refractivity contribution < 1.29 is 8.81 Å². The van der Waals surface area contributed by atoms with E-state index >= 15 is 0 Å². The zero-order valence-corrected chi connectivity index (χ0v) is 9.11. The number of furan rings is 1. The van der Waals surface area contributed by atoms with Crippen molar-refractivity contribution in [2.24, 2.45) is 5.73 Å². The average Bonchev–Trinajstić information content (AvgIpc) is 2.66. The molecular formula is C13H14FNO. The normalized spacial score (nSPS) is 12.7. The molecule has 0 amide bonds. The van der Waals surface area contributed by atoms with E-state index in [9.17, 15) is 4.39 Å². The molecule has 1 aromatic heterocycles. The smallest absolute Gasteiger partial charge is 0.137 e. The summed E-state index contributed by atoms with van der Waals surface area (Å²) in [4.78, 5) is 0. The Labute approximate surface area is 93.9 Å². The van der Waals surface area contributed by atoms with Crippen molar-refractivity contribution in [3.05, 3.63) is 48.0 Å². The first-order valence-electron chi connectivity index (χ1n) is 5.26. The van der Waals surface area contributed by atoms with Crippen LogP contribution in [0.4, 0.5) is 4.39 Å². The van der Waals surface area contributed by atoms with E-state index in [4.69, 9.17) is 10.2 Å². The minimum atomic E-state index is -0.274. The second-order valence-corrected chi connectivity index (χ2v) is 3.93. The van der Waals surface area contributed by atoms with Crippen LogP contribution in [-0.4, -0.2) is 6.04 Å². The van der Waals surface area contributed by atoms with Crippen LogP contribution >= 0.6 is 0 Å². The number of nitrogens with two attached hydrogens (primary N) is 1. The van der Waals surface area contributed by atoms with E-state index in [2.05, 4.69) is 0 Å². The summed E-state index contributed by atoms with van der Waals surface area (Å²) in [7, 11) is 0. The first-order valence-corrected chi connectivity index (χ1v) is 5.26. The lowest BCUT2D eigenvalue weighted by molar-refractivity contribution is 0.499. The third kappa shape index (κ3) is 2.31. The molecule has 2 N–H and O–H groups in total. The predicted molar refractivity (Wildman–Crippen MR) is 61.5 cm³/mol. The van der Waals surface area contributed by atoms with Gasteiger partial charge in [0.05, 0.1) is 5.56 Å². The number of hydrogen-bond acceptors (Lipinski definition) is 2. The Morgan fingerprint density at radius 3 is 2.69 bits per heavy atom. The average molecular weight is 219 g/mol. The van der Waals surface area contributed by atoms with Crippen LogP contribution in [0, 0.1) is 5.82 Å². The van der Waals surface area contributed by atoms with E-state index in [0.29, 0.717) is 17.7 Å². The van der Waals surface area contributed by atoms with E-state index in [1.54, 1.807) is 24.3 Å². The molecule has 2 rings (SSSR count). The van der Waals surface area contributed by atoms with Gasteiger partial charge in [-0.2, -0.15) is 0 Å². The Balaban J connectivity index is 2.28. The maximum absolute atomic E-state index is 13.5. The van der Waals surface area contributed by atoms with Gasteiger partial charge in [-0.15, -0.1) is 0 Å². The van der Waals surface area contributed by atoms with Crippen molar-refractivity contribution in [3.8, 4) is 11.3 Å². The zero-order valence-electron chi connectivity index (χ0n) is 9.11. The molecule has 3 heteroatoms. The molecule has 1 atom stereocenters. The van der Waals surface area contributed by atoms with Gasteiger partial charge in [0, 0.05) is 12.5 Å². The quantitative estimate of drug-likeness (QED) is 0.861. The second kappa shape index (κ2) is 4.49. The molecule has 1 heterocycles. The Hall–Kier alpha value is -1.61. The molecule has 1 aromatic carbocycles. The summed E-state index contributed by atoms with van der Waals surface area (Å²) in [6.45, 7) is 1.91. The number of hydrogen-bond donors (Lipinski definition) is 1. The monoisotopic (exact) mass is 219 g/mol. The third-order valence-corrected chi connectivity index (χ3v) is 2.32. The van der Waals surface area contributed by atoms with Crippen molar-refractivity contribution in [1.29, 1.82) is 0 Å². The SMILES string of the molecule is CC(N)Cc1ccc(-c2ccccc2F)o1. The Morgan fingerprint density at radius 2 is 2.00 bits per heavy atom. The lowest BCUT2D eigenvalue weighted by atomic mass is 10.1. The Morgan fingerprint density at radius 1 is 1.25 bits per heavy atom. The molecule has 0 spiro atoms. The van der Waals surface area contributed by atoms with Crippen LogP contribution in [0.2, 0.25) is 0 Å². The molecule has 84 valence electrons. The maximum Gasteiger partial charge on any atom is 0.137 e. The molecule has 0 fully saturated rings. The van der Waals surface area contributed by atoms with Gasteiger partial charge in [-0.3, -0.25) is 0 Å². The van der Waals surface area contributed by atoms with Gasteiger partial charge < -0.3 is 10.2 Å². The second-order valence-electron chi connectivity index (χ2n) is 3.93. The number of halogens is 1. The van der Waals surface area contributed by atoms with Gasteiger partial charge >= 0.3 is 0 Å². The maximum atomic E-state index is 13.5. The molecule has 2 nitrogen and oxygen atoms in total. The van der Waals surface area contributed by atoms with Gasteiger partial charge in [0.15, 0.2) is 0 Å². The standard InChI is InChI=1S/C13H14FNO/c1-9(15)8-10-6-7-13(16-10)11-4-2-3-5-12(11)14/h2-7,9H,8,15H2,1H3. The summed E-state index contributed by atoms with van der Waals surface area (Å²) in [5.41, 5.74) is 6.15. The molecule has 0 aliphatic heterocycles. The van der Waals surface area contributed by atoms with Gasteiger partial charge in [0.25, 0.3) is 0 Å². The molecule has 0 aliphatic rings. The highest BCUT2D eigenvalue weighted by Crippen LogP contribution is 2.25. The first-order chi connectivity index (χ1) is 7.66. The first kappa shape index (κ1) is 10.9. The van der Waals surface area contributed by atoms with Crippen molar-refractivity contribution in [2.45, 2.75) is 19.4 Å². The van der Waals surface area contributed by atoms with Crippen molar-refractivity contribution in [3.63, 3.8) is 0 Å². The van der Waals surface area contributed by atoms with E-state index in [1.165, 1.54) is 6.07 Å². The Bertz CT molecular complexity index is 476. The number of benzene rings is 1. The largest absolute Gasteiger partial charge is 0.461 e. The molecule has 2 aromatic rings. The van der Waals surface area contributed by atoms with Gasteiger partial charge in [0.2, 0.25) is 0 Å². The van der Waals surface area contributed by atoms with E-state index in [1.807, 2.05) is 13.0 Å². The summed E-state index contributed by atoms with van der Waals surface area (Å²) in [5, 5.41) is 0. The summed E-state index contributed by atoms with van der Waals surface area (Å²) < 4.78 is 19.0. The molecule has 0 saturated heterocycles. The lowest BCUT2D eigenvalue weighted by Gasteiger charge is -2.01. The van der Waals surface area contributed by atoms with E-state index < -0.39 is 0 Å².